The normalized spacial score (nSPS) is 11.0. The molecule has 0 amide bonds. The van der Waals surface area contributed by atoms with Gasteiger partial charge in [-0.2, -0.15) is 5.10 Å². The maximum atomic E-state index is 12.1. The zero-order chi connectivity index (χ0) is 16.1. The molecular weight excluding hydrogens is 368 g/mol. The molecule has 0 unspecified atom stereocenters. The van der Waals surface area contributed by atoms with Crippen molar-refractivity contribution in [2.75, 3.05) is 0 Å². The number of halogens is 2. The van der Waals surface area contributed by atoms with Crippen molar-refractivity contribution in [3.8, 4) is 5.75 Å². The van der Waals surface area contributed by atoms with Gasteiger partial charge in [0.2, 0.25) is 0 Å². The number of rotatable bonds is 6. The van der Waals surface area contributed by atoms with Crippen LogP contribution >= 0.6 is 27.5 Å². The molecule has 0 aliphatic rings. The van der Waals surface area contributed by atoms with Gasteiger partial charge in [-0.1, -0.05) is 65.6 Å². The molecular formula is C16H18BrClN2O2. The smallest absolute Gasteiger partial charge is 0.289 e. The van der Waals surface area contributed by atoms with E-state index in [0.717, 1.165) is 10.9 Å². The van der Waals surface area contributed by atoms with E-state index in [-0.39, 0.29) is 10.6 Å². The maximum Gasteiger partial charge on any atom is 0.289 e. The SMILES string of the molecule is CC(C)Cn1ncc(OCc2ccc(CBr)cc2)c(Cl)c1=O. The van der Waals surface area contributed by atoms with Gasteiger partial charge in [-0.25, -0.2) is 4.68 Å². The van der Waals surface area contributed by atoms with Gasteiger partial charge < -0.3 is 4.74 Å². The standard InChI is InChI=1S/C16H18BrClN2O2/c1-11(2)9-20-16(21)15(18)14(8-19-20)22-10-13-5-3-12(7-17)4-6-13/h3-6,8,11H,7,9-10H2,1-2H3. The van der Waals surface area contributed by atoms with Gasteiger partial charge >= 0.3 is 0 Å². The molecule has 118 valence electrons. The molecule has 0 spiro atoms. The number of aromatic nitrogens is 2. The molecule has 1 heterocycles. The van der Waals surface area contributed by atoms with E-state index in [1.165, 1.54) is 16.4 Å². The van der Waals surface area contributed by atoms with E-state index in [0.29, 0.717) is 24.8 Å². The van der Waals surface area contributed by atoms with Crippen molar-refractivity contribution in [3.05, 3.63) is 57.0 Å². The molecule has 0 atom stereocenters. The van der Waals surface area contributed by atoms with Crippen LogP contribution in [0.25, 0.3) is 0 Å². The van der Waals surface area contributed by atoms with E-state index in [9.17, 15) is 4.79 Å². The third-order valence-corrected chi connectivity index (χ3v) is 4.06. The van der Waals surface area contributed by atoms with E-state index >= 15 is 0 Å². The van der Waals surface area contributed by atoms with E-state index < -0.39 is 0 Å². The fourth-order valence-electron chi connectivity index (χ4n) is 1.91. The predicted molar refractivity (Wildman–Crippen MR) is 91.8 cm³/mol. The summed E-state index contributed by atoms with van der Waals surface area (Å²) >= 11 is 9.50. The second-order valence-corrected chi connectivity index (χ2v) is 6.38. The molecule has 1 aromatic carbocycles. The van der Waals surface area contributed by atoms with Crippen molar-refractivity contribution < 1.29 is 4.74 Å². The summed E-state index contributed by atoms with van der Waals surface area (Å²) in [6.45, 7) is 4.91. The van der Waals surface area contributed by atoms with Crippen molar-refractivity contribution in [2.45, 2.75) is 32.3 Å². The minimum Gasteiger partial charge on any atom is -0.485 e. The molecule has 6 heteroatoms. The number of benzene rings is 1. The largest absolute Gasteiger partial charge is 0.485 e. The van der Waals surface area contributed by atoms with Crippen LogP contribution in [-0.4, -0.2) is 9.78 Å². The van der Waals surface area contributed by atoms with Gasteiger partial charge in [0.05, 0.1) is 6.20 Å². The molecule has 22 heavy (non-hydrogen) atoms. The summed E-state index contributed by atoms with van der Waals surface area (Å²) in [5.74, 6) is 0.636. The Kier molecular flexibility index (Phi) is 6.03. The van der Waals surface area contributed by atoms with Crippen LogP contribution in [0.3, 0.4) is 0 Å². The van der Waals surface area contributed by atoms with Crippen LogP contribution in [0.1, 0.15) is 25.0 Å². The Morgan fingerprint density at radius 3 is 2.50 bits per heavy atom. The van der Waals surface area contributed by atoms with E-state index in [1.54, 1.807) is 0 Å². The van der Waals surface area contributed by atoms with E-state index in [4.69, 9.17) is 16.3 Å². The second kappa shape index (κ2) is 7.79. The van der Waals surface area contributed by atoms with Crippen molar-refractivity contribution in [3.63, 3.8) is 0 Å². The molecule has 0 N–H and O–H groups in total. The summed E-state index contributed by atoms with van der Waals surface area (Å²) < 4.78 is 6.98. The third kappa shape index (κ3) is 4.34. The lowest BCUT2D eigenvalue weighted by Gasteiger charge is -2.11. The van der Waals surface area contributed by atoms with Crippen LogP contribution in [0.15, 0.2) is 35.3 Å². The van der Waals surface area contributed by atoms with Gasteiger partial charge in [-0.15, -0.1) is 0 Å². The molecule has 2 aromatic rings. The summed E-state index contributed by atoms with van der Waals surface area (Å²) in [5.41, 5.74) is 1.88. The number of hydrogen-bond donors (Lipinski definition) is 0. The first-order valence-corrected chi connectivity index (χ1v) is 8.53. The lowest BCUT2D eigenvalue weighted by molar-refractivity contribution is 0.301. The summed E-state index contributed by atoms with van der Waals surface area (Å²) in [6.07, 6.45) is 1.50. The van der Waals surface area contributed by atoms with Crippen molar-refractivity contribution >= 4 is 27.5 Å². The summed E-state index contributed by atoms with van der Waals surface area (Å²) in [7, 11) is 0. The average Bonchev–Trinajstić information content (AvgIpc) is 2.51. The van der Waals surface area contributed by atoms with E-state index in [1.807, 2.05) is 38.1 Å². The molecule has 4 nitrogen and oxygen atoms in total. The Morgan fingerprint density at radius 2 is 1.91 bits per heavy atom. The molecule has 0 aliphatic carbocycles. The Morgan fingerprint density at radius 1 is 1.27 bits per heavy atom. The molecule has 2 rings (SSSR count). The van der Waals surface area contributed by atoms with Gasteiger partial charge in [-0.05, 0) is 17.0 Å². The summed E-state index contributed by atoms with van der Waals surface area (Å²) in [5, 5.41) is 5.00. The van der Waals surface area contributed by atoms with Crippen molar-refractivity contribution in [2.24, 2.45) is 5.92 Å². The van der Waals surface area contributed by atoms with Gasteiger partial charge in [0.15, 0.2) is 10.8 Å². The number of nitrogens with zero attached hydrogens (tertiary/aromatic N) is 2. The minimum atomic E-state index is -0.317. The molecule has 1 aromatic heterocycles. The van der Waals surface area contributed by atoms with Crippen LogP contribution < -0.4 is 10.3 Å². The second-order valence-electron chi connectivity index (χ2n) is 5.44. The van der Waals surface area contributed by atoms with Gasteiger partial charge in [0, 0.05) is 11.9 Å². The first-order valence-electron chi connectivity index (χ1n) is 7.03. The average molecular weight is 386 g/mol. The predicted octanol–water partition coefficient (Wildman–Crippen LogP) is 4.03. The van der Waals surface area contributed by atoms with Crippen LogP contribution in [0, 0.1) is 5.92 Å². The highest BCUT2D eigenvalue weighted by molar-refractivity contribution is 9.08. The highest BCUT2D eigenvalue weighted by Crippen LogP contribution is 2.20. The number of hydrogen-bond acceptors (Lipinski definition) is 3. The zero-order valence-electron chi connectivity index (χ0n) is 12.6. The minimum absolute atomic E-state index is 0.0766. The Bertz CT molecular complexity index is 684. The molecule has 0 saturated heterocycles. The highest BCUT2D eigenvalue weighted by Gasteiger charge is 2.11. The quantitative estimate of drug-likeness (QED) is 0.705. The third-order valence-electron chi connectivity index (χ3n) is 3.06. The Labute approximate surface area is 143 Å². The Balaban J connectivity index is 2.09. The maximum absolute atomic E-state index is 12.1. The van der Waals surface area contributed by atoms with E-state index in [2.05, 4.69) is 21.0 Å². The summed E-state index contributed by atoms with van der Waals surface area (Å²) in [4.78, 5) is 12.1. The molecule has 0 bridgehead atoms. The van der Waals surface area contributed by atoms with Crippen LogP contribution in [0.5, 0.6) is 5.75 Å². The molecule has 0 saturated carbocycles. The Hall–Kier alpha value is -1.33. The number of ether oxygens (including phenoxy) is 1. The lowest BCUT2D eigenvalue weighted by atomic mass is 10.2. The first-order chi connectivity index (χ1) is 10.5. The zero-order valence-corrected chi connectivity index (χ0v) is 14.9. The summed E-state index contributed by atoms with van der Waals surface area (Å²) in [6, 6.07) is 8.01. The van der Waals surface area contributed by atoms with Crippen LogP contribution in [0.2, 0.25) is 5.02 Å². The van der Waals surface area contributed by atoms with Crippen LogP contribution in [0.4, 0.5) is 0 Å². The molecule has 0 aliphatic heterocycles. The fraction of sp³-hybridized carbons (Fsp3) is 0.375. The first kappa shape index (κ1) is 17.0. The van der Waals surface area contributed by atoms with Gasteiger partial charge in [-0.3, -0.25) is 4.79 Å². The van der Waals surface area contributed by atoms with Crippen molar-refractivity contribution in [1.82, 2.24) is 9.78 Å². The monoisotopic (exact) mass is 384 g/mol. The highest BCUT2D eigenvalue weighted by atomic mass is 79.9. The van der Waals surface area contributed by atoms with Gasteiger partial charge in [0.25, 0.3) is 5.56 Å². The fourth-order valence-corrected chi connectivity index (χ4v) is 2.49. The molecule has 0 fully saturated rings. The number of alkyl halides is 1. The topological polar surface area (TPSA) is 44.1 Å². The van der Waals surface area contributed by atoms with Gasteiger partial charge in [0.1, 0.15) is 6.61 Å². The van der Waals surface area contributed by atoms with Crippen LogP contribution in [-0.2, 0) is 18.5 Å². The lowest BCUT2D eigenvalue weighted by Crippen LogP contribution is -2.25. The molecule has 0 radical (unpaired) electrons. The van der Waals surface area contributed by atoms with Crippen molar-refractivity contribution in [1.29, 1.82) is 0 Å².